The smallest absolute Gasteiger partial charge is 0.433 e. The summed E-state index contributed by atoms with van der Waals surface area (Å²) in [6.45, 7) is 4.63. The van der Waals surface area contributed by atoms with Crippen molar-refractivity contribution in [1.29, 1.82) is 0 Å². The first kappa shape index (κ1) is 22.3. The van der Waals surface area contributed by atoms with Gasteiger partial charge >= 0.3 is 6.18 Å². The van der Waals surface area contributed by atoms with E-state index in [4.69, 9.17) is 4.74 Å². The van der Waals surface area contributed by atoms with Crippen LogP contribution in [0.5, 0.6) is 5.75 Å². The molecule has 0 spiro atoms. The number of fused-ring (bicyclic) bond motifs is 1. The van der Waals surface area contributed by atoms with Crippen LogP contribution in [0.3, 0.4) is 0 Å². The largest absolute Gasteiger partial charge is 0.489 e. The number of nitrogens with one attached hydrogen (secondary N) is 1. The molecule has 1 amide bonds. The van der Waals surface area contributed by atoms with Gasteiger partial charge < -0.3 is 10.1 Å². The molecule has 1 N–H and O–H groups in total. The Morgan fingerprint density at radius 2 is 2.00 bits per heavy atom. The maximum atomic E-state index is 12.8. The number of alkyl halides is 3. The van der Waals surface area contributed by atoms with Gasteiger partial charge in [0.05, 0.1) is 5.92 Å². The average Bonchev–Trinajstić information content (AvgIpc) is 2.75. The van der Waals surface area contributed by atoms with E-state index in [9.17, 15) is 18.0 Å². The van der Waals surface area contributed by atoms with Crippen LogP contribution in [-0.4, -0.2) is 42.5 Å². The first-order chi connectivity index (χ1) is 15.2. The molecule has 0 bridgehead atoms. The highest BCUT2D eigenvalue weighted by Crippen LogP contribution is 2.35. The van der Waals surface area contributed by atoms with E-state index in [2.05, 4.69) is 22.1 Å². The SMILES string of the molecule is CNC(=O)C1CN(CC2=C(C)c3ccc(OCc4ccnc(C(F)(F)F)c4)cc3CC2)C1. The maximum absolute atomic E-state index is 12.8. The predicted molar refractivity (Wildman–Crippen MR) is 115 cm³/mol. The molecule has 0 saturated carbocycles. The first-order valence-electron chi connectivity index (χ1n) is 10.7. The monoisotopic (exact) mass is 445 g/mol. The Bertz CT molecular complexity index is 1040. The van der Waals surface area contributed by atoms with E-state index in [0.29, 0.717) is 11.3 Å². The Balaban J connectivity index is 1.39. The molecule has 1 aliphatic carbocycles. The normalized spacial score (nSPS) is 17.0. The van der Waals surface area contributed by atoms with Gasteiger partial charge in [-0.05, 0) is 66.3 Å². The topological polar surface area (TPSA) is 54.5 Å². The maximum Gasteiger partial charge on any atom is 0.433 e. The Hall–Kier alpha value is -2.87. The van der Waals surface area contributed by atoms with Crippen LogP contribution in [-0.2, 0) is 24.0 Å². The van der Waals surface area contributed by atoms with Crippen LogP contribution < -0.4 is 10.1 Å². The summed E-state index contributed by atoms with van der Waals surface area (Å²) in [7, 11) is 1.67. The van der Waals surface area contributed by atoms with E-state index in [0.717, 1.165) is 44.7 Å². The highest BCUT2D eigenvalue weighted by molar-refractivity contribution is 5.79. The molecule has 170 valence electrons. The van der Waals surface area contributed by atoms with Crippen LogP contribution in [0.2, 0.25) is 0 Å². The number of nitrogens with zero attached hydrogens (tertiary/aromatic N) is 2. The van der Waals surface area contributed by atoms with Crippen molar-refractivity contribution in [1.82, 2.24) is 15.2 Å². The molecule has 0 atom stereocenters. The number of aryl methyl sites for hydroxylation is 1. The second kappa shape index (κ2) is 8.94. The molecule has 1 aromatic heterocycles. The lowest BCUT2D eigenvalue weighted by Crippen LogP contribution is -2.53. The molecule has 1 fully saturated rings. The second-order valence-electron chi connectivity index (χ2n) is 8.39. The molecule has 2 aromatic rings. The molecule has 1 saturated heterocycles. The summed E-state index contributed by atoms with van der Waals surface area (Å²) in [5.41, 5.74) is 4.52. The van der Waals surface area contributed by atoms with Gasteiger partial charge in [0.15, 0.2) is 0 Å². The molecule has 5 nitrogen and oxygen atoms in total. The van der Waals surface area contributed by atoms with E-state index in [1.165, 1.54) is 28.3 Å². The van der Waals surface area contributed by atoms with Gasteiger partial charge in [0.2, 0.25) is 5.91 Å². The zero-order chi connectivity index (χ0) is 22.9. The highest BCUT2D eigenvalue weighted by atomic mass is 19.4. The fourth-order valence-corrected chi connectivity index (χ4v) is 4.32. The van der Waals surface area contributed by atoms with E-state index >= 15 is 0 Å². The van der Waals surface area contributed by atoms with Crippen molar-refractivity contribution in [3.8, 4) is 5.75 Å². The molecule has 2 heterocycles. The van der Waals surface area contributed by atoms with Crippen molar-refractivity contribution in [2.24, 2.45) is 5.92 Å². The van der Waals surface area contributed by atoms with Crippen LogP contribution in [0, 0.1) is 5.92 Å². The van der Waals surface area contributed by atoms with Crippen molar-refractivity contribution >= 4 is 11.5 Å². The lowest BCUT2D eigenvalue weighted by molar-refractivity contribution is -0.141. The quantitative estimate of drug-likeness (QED) is 0.728. The summed E-state index contributed by atoms with van der Waals surface area (Å²) < 4.78 is 44.3. The molecule has 32 heavy (non-hydrogen) atoms. The third-order valence-corrected chi connectivity index (χ3v) is 6.22. The fraction of sp³-hybridized carbons (Fsp3) is 0.417. The molecular weight excluding hydrogens is 419 g/mol. The Morgan fingerprint density at radius 1 is 1.22 bits per heavy atom. The molecule has 4 rings (SSSR count). The summed E-state index contributed by atoms with van der Waals surface area (Å²) in [5.74, 6) is 0.834. The summed E-state index contributed by atoms with van der Waals surface area (Å²) in [5, 5.41) is 2.71. The molecule has 1 aliphatic heterocycles. The van der Waals surface area contributed by atoms with E-state index < -0.39 is 11.9 Å². The van der Waals surface area contributed by atoms with Crippen LogP contribution in [0.4, 0.5) is 13.2 Å². The minimum Gasteiger partial charge on any atom is -0.489 e. The zero-order valence-corrected chi connectivity index (χ0v) is 18.1. The number of carbonyl (C=O) groups excluding carboxylic acids is 1. The number of allylic oxidation sites excluding steroid dienone is 1. The van der Waals surface area contributed by atoms with Gasteiger partial charge in [0.25, 0.3) is 0 Å². The van der Waals surface area contributed by atoms with E-state index in [1.54, 1.807) is 7.05 Å². The molecule has 2 aliphatic rings. The molecule has 0 radical (unpaired) electrons. The molecule has 8 heteroatoms. The van der Waals surface area contributed by atoms with Gasteiger partial charge in [-0.1, -0.05) is 11.6 Å². The predicted octanol–water partition coefficient (Wildman–Crippen LogP) is 4.08. The number of hydrogen-bond donors (Lipinski definition) is 1. The lowest BCUT2D eigenvalue weighted by Gasteiger charge is -2.39. The number of benzene rings is 1. The number of hydrogen-bond acceptors (Lipinski definition) is 4. The van der Waals surface area contributed by atoms with Crippen LogP contribution >= 0.6 is 0 Å². The van der Waals surface area contributed by atoms with Crippen molar-refractivity contribution < 1.29 is 22.7 Å². The number of likely N-dealkylation sites (tertiary alicyclic amines) is 1. The average molecular weight is 445 g/mol. The number of pyridine rings is 1. The van der Waals surface area contributed by atoms with E-state index in [-0.39, 0.29) is 18.4 Å². The second-order valence-corrected chi connectivity index (χ2v) is 8.39. The summed E-state index contributed by atoms with van der Waals surface area (Å²) >= 11 is 0. The van der Waals surface area contributed by atoms with Crippen molar-refractivity contribution in [2.45, 2.75) is 32.5 Å². The van der Waals surface area contributed by atoms with E-state index in [1.807, 2.05) is 18.2 Å². The zero-order valence-electron chi connectivity index (χ0n) is 18.1. The number of amides is 1. The summed E-state index contributed by atoms with van der Waals surface area (Å²) in [6, 6.07) is 8.41. The standard InChI is InChI=1S/C24H26F3N3O2/c1-15-18(11-30-12-19(13-30)23(31)28-2)4-3-17-10-20(5-6-21(15)17)32-14-16-7-8-29-22(9-16)24(25,26)27/h5-10,19H,3-4,11-14H2,1-2H3,(H,28,31). The van der Waals surface area contributed by atoms with Crippen molar-refractivity contribution in [3.63, 3.8) is 0 Å². The Kier molecular flexibility index (Phi) is 6.24. The van der Waals surface area contributed by atoms with Crippen LogP contribution in [0.15, 0.2) is 42.1 Å². The van der Waals surface area contributed by atoms with Gasteiger partial charge in [0, 0.05) is 32.9 Å². The summed E-state index contributed by atoms with van der Waals surface area (Å²) in [6.07, 6.45) is -1.48. The number of carbonyl (C=O) groups is 1. The minimum absolute atomic E-state index is 0.0475. The number of aromatic nitrogens is 1. The highest BCUT2D eigenvalue weighted by Gasteiger charge is 2.33. The molecule has 0 unspecified atom stereocenters. The third-order valence-electron chi connectivity index (χ3n) is 6.22. The Morgan fingerprint density at radius 3 is 2.72 bits per heavy atom. The van der Waals surface area contributed by atoms with Gasteiger partial charge in [-0.25, -0.2) is 0 Å². The van der Waals surface area contributed by atoms with Crippen molar-refractivity contribution in [2.75, 3.05) is 26.7 Å². The first-order valence-corrected chi connectivity index (χ1v) is 10.7. The number of ether oxygens (including phenoxy) is 1. The van der Waals surface area contributed by atoms with Gasteiger partial charge in [-0.3, -0.25) is 14.7 Å². The van der Waals surface area contributed by atoms with Gasteiger partial charge in [0.1, 0.15) is 18.1 Å². The number of halogens is 3. The van der Waals surface area contributed by atoms with Gasteiger partial charge in [-0.2, -0.15) is 13.2 Å². The van der Waals surface area contributed by atoms with Crippen LogP contribution in [0.25, 0.3) is 5.57 Å². The van der Waals surface area contributed by atoms with Crippen molar-refractivity contribution in [3.05, 3.63) is 64.5 Å². The third kappa shape index (κ3) is 4.80. The Labute approximate surface area is 185 Å². The number of rotatable bonds is 6. The molecule has 1 aromatic carbocycles. The lowest BCUT2D eigenvalue weighted by atomic mass is 9.85. The van der Waals surface area contributed by atoms with Gasteiger partial charge in [-0.15, -0.1) is 0 Å². The minimum atomic E-state index is -4.47. The fourth-order valence-electron chi connectivity index (χ4n) is 4.32. The summed E-state index contributed by atoms with van der Waals surface area (Å²) in [4.78, 5) is 17.4. The van der Waals surface area contributed by atoms with Crippen LogP contribution in [0.1, 0.15) is 35.7 Å². The molecular formula is C24H26F3N3O2.